The van der Waals surface area contributed by atoms with E-state index < -0.39 is 9.73 Å². The maximum Gasteiger partial charge on any atom is 0.253 e. The lowest BCUT2D eigenvalue weighted by atomic mass is 9.73. The first kappa shape index (κ1) is 27.0. The third-order valence-electron chi connectivity index (χ3n) is 7.18. The number of fused-ring (bicyclic) bond motifs is 3. The van der Waals surface area contributed by atoms with Crippen LogP contribution in [0.25, 0.3) is 0 Å². The molecule has 0 unspecified atom stereocenters. The summed E-state index contributed by atoms with van der Waals surface area (Å²) in [5, 5.41) is 3.27. The standard InChI is InChI=1S/C28H35N7O3S/c1-27(2)15-21-28(3,17-38-27)20-16-29-26(30-19-13-11-18(12-14-19)25(36)34(4)5)32-24(20)35(21)23-10-8-9-22(31-23)33-39(6,7)37/h8-14,16,21H,15,17H2,1-7H3,(H,29,30,32)/t21-,28-/m0/s1. The van der Waals surface area contributed by atoms with Gasteiger partial charge in [0, 0.05) is 64.8 Å². The number of aromatic nitrogens is 3. The van der Waals surface area contributed by atoms with Crippen molar-refractivity contribution in [2.75, 3.05) is 43.4 Å². The van der Waals surface area contributed by atoms with Crippen LogP contribution < -0.4 is 10.2 Å². The van der Waals surface area contributed by atoms with E-state index in [2.05, 4.69) is 40.3 Å². The van der Waals surface area contributed by atoms with Gasteiger partial charge in [-0.1, -0.05) is 13.0 Å². The van der Waals surface area contributed by atoms with Crippen LogP contribution >= 0.6 is 0 Å². The number of ether oxygens (including phenoxy) is 1. The van der Waals surface area contributed by atoms with Crippen LogP contribution in [-0.4, -0.2) is 74.8 Å². The predicted molar refractivity (Wildman–Crippen MR) is 154 cm³/mol. The number of amides is 1. The third-order valence-corrected chi connectivity index (χ3v) is 7.81. The molecule has 1 saturated heterocycles. The zero-order chi connectivity index (χ0) is 28.2. The van der Waals surface area contributed by atoms with Crippen molar-refractivity contribution < 1.29 is 13.7 Å². The molecule has 1 fully saturated rings. The molecule has 1 N–H and O–H groups in total. The van der Waals surface area contributed by atoms with Gasteiger partial charge in [0.2, 0.25) is 5.95 Å². The number of hydrogen-bond donors (Lipinski definition) is 1. The number of benzene rings is 1. The predicted octanol–water partition coefficient (Wildman–Crippen LogP) is 4.65. The van der Waals surface area contributed by atoms with E-state index in [9.17, 15) is 9.00 Å². The maximum atomic E-state index is 12.4. The molecule has 2 atom stereocenters. The van der Waals surface area contributed by atoms with Gasteiger partial charge in [-0.2, -0.15) is 9.35 Å². The van der Waals surface area contributed by atoms with Crippen molar-refractivity contribution in [3.05, 3.63) is 59.8 Å². The summed E-state index contributed by atoms with van der Waals surface area (Å²) in [7, 11) is 1.08. The highest BCUT2D eigenvalue weighted by molar-refractivity contribution is 7.92. The van der Waals surface area contributed by atoms with E-state index in [1.165, 1.54) is 0 Å². The second kappa shape index (κ2) is 9.56. The highest BCUT2D eigenvalue weighted by atomic mass is 32.2. The van der Waals surface area contributed by atoms with Gasteiger partial charge in [0.05, 0.1) is 18.2 Å². The Balaban J connectivity index is 1.55. The number of carbonyl (C=O) groups is 1. The van der Waals surface area contributed by atoms with Gasteiger partial charge in [0.15, 0.2) is 5.82 Å². The largest absolute Gasteiger partial charge is 0.374 e. The molecule has 10 nitrogen and oxygen atoms in total. The number of hydrogen-bond acceptors (Lipinski definition) is 9. The summed E-state index contributed by atoms with van der Waals surface area (Å²) in [5.41, 5.74) is 1.68. The molecule has 0 spiro atoms. The molecule has 1 aromatic carbocycles. The summed E-state index contributed by atoms with van der Waals surface area (Å²) in [6.07, 6.45) is 5.81. The van der Waals surface area contributed by atoms with Gasteiger partial charge in [-0.3, -0.25) is 4.79 Å². The Kier molecular flexibility index (Phi) is 6.62. The molecule has 2 aliphatic heterocycles. The van der Waals surface area contributed by atoms with Crippen LogP contribution in [0.5, 0.6) is 0 Å². The van der Waals surface area contributed by atoms with E-state index in [0.717, 1.165) is 23.5 Å². The summed E-state index contributed by atoms with van der Waals surface area (Å²) in [4.78, 5) is 30.3. The first-order chi connectivity index (χ1) is 18.3. The molecular formula is C28H35N7O3S. The van der Waals surface area contributed by atoms with Crippen molar-refractivity contribution in [1.29, 1.82) is 0 Å². The van der Waals surface area contributed by atoms with Crippen LogP contribution in [0.3, 0.4) is 0 Å². The molecule has 0 aliphatic carbocycles. The van der Waals surface area contributed by atoms with E-state index in [1.807, 2.05) is 30.5 Å². The second-order valence-electron chi connectivity index (χ2n) is 11.5. The fourth-order valence-electron chi connectivity index (χ4n) is 5.17. The van der Waals surface area contributed by atoms with E-state index in [1.54, 1.807) is 49.7 Å². The van der Waals surface area contributed by atoms with E-state index in [4.69, 9.17) is 14.7 Å². The highest BCUT2D eigenvalue weighted by Gasteiger charge is 2.55. The Hall–Kier alpha value is -3.57. The molecule has 3 aromatic rings. The summed E-state index contributed by atoms with van der Waals surface area (Å²) in [6, 6.07) is 12.8. The zero-order valence-corrected chi connectivity index (χ0v) is 24.2. The minimum Gasteiger partial charge on any atom is -0.374 e. The second-order valence-corrected chi connectivity index (χ2v) is 14.1. The van der Waals surface area contributed by atoms with Crippen LogP contribution in [0.1, 0.15) is 43.1 Å². The van der Waals surface area contributed by atoms with Crippen LogP contribution in [0.2, 0.25) is 0 Å². The Bertz CT molecular complexity index is 1540. The quantitative estimate of drug-likeness (QED) is 0.489. The molecule has 206 valence electrons. The Labute approximate surface area is 230 Å². The number of anilines is 4. The first-order valence-electron chi connectivity index (χ1n) is 12.8. The fourth-order valence-corrected chi connectivity index (χ4v) is 5.72. The van der Waals surface area contributed by atoms with Crippen LogP contribution in [0.4, 0.5) is 29.1 Å². The van der Waals surface area contributed by atoms with Gasteiger partial charge in [-0.25, -0.2) is 14.2 Å². The van der Waals surface area contributed by atoms with Crippen LogP contribution in [0.15, 0.2) is 53.0 Å². The summed E-state index contributed by atoms with van der Waals surface area (Å²) < 4.78 is 23.0. The van der Waals surface area contributed by atoms with Crippen molar-refractivity contribution in [2.24, 2.45) is 4.36 Å². The number of pyridine rings is 1. The van der Waals surface area contributed by atoms with Gasteiger partial charge in [-0.15, -0.1) is 0 Å². The van der Waals surface area contributed by atoms with E-state index in [-0.39, 0.29) is 23.0 Å². The fraction of sp³-hybridized carbons (Fsp3) is 0.429. The molecule has 2 aromatic heterocycles. The minimum atomic E-state index is -2.37. The van der Waals surface area contributed by atoms with Crippen LogP contribution in [0, 0.1) is 0 Å². The monoisotopic (exact) mass is 549 g/mol. The Morgan fingerprint density at radius 3 is 2.51 bits per heavy atom. The van der Waals surface area contributed by atoms with E-state index >= 15 is 0 Å². The van der Waals surface area contributed by atoms with Gasteiger partial charge in [0.1, 0.15) is 11.6 Å². The molecule has 1 amide bonds. The lowest BCUT2D eigenvalue weighted by Gasteiger charge is -2.46. The van der Waals surface area contributed by atoms with Crippen molar-refractivity contribution in [3.63, 3.8) is 0 Å². The van der Waals surface area contributed by atoms with Crippen molar-refractivity contribution in [3.8, 4) is 0 Å². The first-order valence-corrected chi connectivity index (χ1v) is 15.1. The lowest BCUT2D eigenvalue weighted by molar-refractivity contribution is -0.0893. The third kappa shape index (κ3) is 5.33. The molecule has 2 aliphatic rings. The van der Waals surface area contributed by atoms with Crippen LogP contribution in [-0.2, 0) is 19.9 Å². The van der Waals surface area contributed by atoms with Crippen molar-refractivity contribution in [2.45, 2.75) is 44.2 Å². The summed E-state index contributed by atoms with van der Waals surface area (Å²) in [6.45, 7) is 6.90. The number of nitrogens with one attached hydrogen (secondary N) is 1. The van der Waals surface area contributed by atoms with Gasteiger partial charge < -0.3 is 19.9 Å². The van der Waals surface area contributed by atoms with Gasteiger partial charge >= 0.3 is 0 Å². The lowest BCUT2D eigenvalue weighted by Crippen LogP contribution is -2.54. The molecule has 5 rings (SSSR count). The summed E-state index contributed by atoms with van der Waals surface area (Å²) in [5.74, 6) is 2.22. The zero-order valence-electron chi connectivity index (χ0n) is 23.4. The molecular weight excluding hydrogens is 514 g/mol. The molecule has 4 heterocycles. The molecule has 11 heteroatoms. The molecule has 39 heavy (non-hydrogen) atoms. The number of nitrogens with zero attached hydrogens (tertiary/aromatic N) is 6. The molecule has 0 saturated carbocycles. The van der Waals surface area contributed by atoms with E-state index in [0.29, 0.717) is 29.8 Å². The topological polar surface area (TPSA) is 113 Å². The Morgan fingerprint density at radius 2 is 1.85 bits per heavy atom. The van der Waals surface area contributed by atoms with Crippen molar-refractivity contribution in [1.82, 2.24) is 19.9 Å². The average molecular weight is 550 g/mol. The highest BCUT2D eigenvalue weighted by Crippen LogP contribution is 2.53. The minimum absolute atomic E-state index is 0.0208. The molecule has 0 bridgehead atoms. The maximum absolute atomic E-state index is 12.4. The normalized spacial score (nSPS) is 21.6. The van der Waals surface area contributed by atoms with Gasteiger partial charge in [-0.05, 0) is 56.7 Å². The summed E-state index contributed by atoms with van der Waals surface area (Å²) >= 11 is 0. The average Bonchev–Trinajstić information content (AvgIpc) is 3.10. The van der Waals surface area contributed by atoms with Gasteiger partial charge in [0.25, 0.3) is 5.91 Å². The Morgan fingerprint density at radius 1 is 1.13 bits per heavy atom. The van der Waals surface area contributed by atoms with Crippen molar-refractivity contribution >= 4 is 44.7 Å². The molecule has 0 radical (unpaired) electrons. The smallest absolute Gasteiger partial charge is 0.253 e. The number of rotatable bonds is 5. The SMILES string of the molecule is CN(C)C(=O)c1ccc(Nc2ncc3c(n2)N(c2cccc(N=S(C)(C)=O)n2)[C@H]2CC(C)(C)OC[C@@]32C)cc1. The number of carbonyl (C=O) groups excluding carboxylic acids is 1.